The molecule has 0 aliphatic carbocycles. The molecule has 0 radical (unpaired) electrons. The van der Waals surface area contributed by atoms with E-state index in [0.29, 0.717) is 15.4 Å². The van der Waals surface area contributed by atoms with Crippen LogP contribution in [0.15, 0.2) is 16.9 Å². The molecule has 0 aliphatic rings. The molecule has 0 N–H and O–H groups in total. The van der Waals surface area contributed by atoms with E-state index in [-0.39, 0.29) is 0 Å². The Bertz CT molecular complexity index is 241. The number of nitrogens with zero attached hydrogens (tertiary/aromatic N) is 1. The van der Waals surface area contributed by atoms with Crippen molar-refractivity contribution < 1.29 is 4.74 Å². The Kier molecular flexibility index (Phi) is 2.51. The molecule has 0 saturated carbocycles. The van der Waals surface area contributed by atoms with E-state index in [2.05, 4.69) is 20.9 Å². The maximum atomic E-state index is 5.73. The van der Waals surface area contributed by atoms with Crippen molar-refractivity contribution in [2.24, 2.45) is 0 Å². The summed E-state index contributed by atoms with van der Waals surface area (Å²) in [5.74, 6) is 0.588. The van der Waals surface area contributed by atoms with E-state index < -0.39 is 0 Å². The highest BCUT2D eigenvalue weighted by atomic mass is 79.9. The Morgan fingerprint density at radius 2 is 2.40 bits per heavy atom. The van der Waals surface area contributed by atoms with Gasteiger partial charge < -0.3 is 4.74 Å². The van der Waals surface area contributed by atoms with Crippen molar-refractivity contribution in [2.75, 3.05) is 7.11 Å². The van der Waals surface area contributed by atoms with Crippen molar-refractivity contribution in [2.45, 2.75) is 0 Å². The average Bonchev–Trinajstić information content (AvgIpc) is 1.88. The predicted molar refractivity (Wildman–Crippen MR) is 43.5 cm³/mol. The fourth-order valence-electron chi connectivity index (χ4n) is 0.545. The van der Waals surface area contributed by atoms with Crippen molar-refractivity contribution >= 4 is 27.5 Å². The number of hydrogen-bond acceptors (Lipinski definition) is 2. The molecule has 0 spiro atoms. The number of halogens is 2. The molecule has 4 heteroatoms. The summed E-state index contributed by atoms with van der Waals surface area (Å²) < 4.78 is 5.59. The summed E-state index contributed by atoms with van der Waals surface area (Å²) in [6.45, 7) is 0. The third-order valence-corrected chi connectivity index (χ3v) is 1.74. The second-order valence-electron chi connectivity index (χ2n) is 1.64. The van der Waals surface area contributed by atoms with E-state index in [9.17, 15) is 0 Å². The quantitative estimate of drug-likeness (QED) is 0.681. The first-order chi connectivity index (χ1) is 4.74. The lowest BCUT2D eigenvalue weighted by Gasteiger charge is -2.00. The molecule has 0 aromatic carbocycles. The Morgan fingerprint density at radius 3 is 2.90 bits per heavy atom. The van der Waals surface area contributed by atoms with Crippen LogP contribution in [0.3, 0.4) is 0 Å². The van der Waals surface area contributed by atoms with Crippen LogP contribution < -0.4 is 4.74 Å². The van der Waals surface area contributed by atoms with E-state index in [1.807, 2.05) is 0 Å². The van der Waals surface area contributed by atoms with Crippen molar-refractivity contribution in [3.8, 4) is 5.75 Å². The van der Waals surface area contributed by atoms with E-state index in [0.717, 1.165) is 0 Å². The van der Waals surface area contributed by atoms with Gasteiger partial charge in [-0.1, -0.05) is 11.6 Å². The number of rotatable bonds is 1. The predicted octanol–water partition coefficient (Wildman–Crippen LogP) is 2.51. The molecule has 1 aromatic heterocycles. The summed E-state index contributed by atoms with van der Waals surface area (Å²) in [4.78, 5) is 3.92. The number of aromatic nitrogens is 1. The van der Waals surface area contributed by atoms with E-state index in [1.165, 1.54) is 0 Å². The highest BCUT2D eigenvalue weighted by molar-refractivity contribution is 9.10. The maximum Gasteiger partial charge on any atom is 0.155 e. The lowest BCUT2D eigenvalue weighted by molar-refractivity contribution is 0.413. The van der Waals surface area contributed by atoms with Crippen LogP contribution in [0, 0.1) is 0 Å². The molecule has 0 atom stereocenters. The summed E-state index contributed by atoms with van der Waals surface area (Å²) >= 11 is 8.91. The van der Waals surface area contributed by atoms with Crippen molar-refractivity contribution in [1.82, 2.24) is 4.98 Å². The zero-order chi connectivity index (χ0) is 7.56. The minimum atomic E-state index is 0.560. The Labute approximate surface area is 72.3 Å². The van der Waals surface area contributed by atoms with Crippen LogP contribution in [-0.4, -0.2) is 12.1 Å². The highest BCUT2D eigenvalue weighted by Crippen LogP contribution is 2.24. The largest absolute Gasteiger partial charge is 0.494 e. The average molecular weight is 222 g/mol. The van der Waals surface area contributed by atoms with Gasteiger partial charge in [0.05, 0.1) is 18.3 Å². The molecule has 0 saturated heterocycles. The van der Waals surface area contributed by atoms with Crippen molar-refractivity contribution in [1.29, 1.82) is 0 Å². The second kappa shape index (κ2) is 3.21. The molecule has 1 rings (SSSR count). The summed E-state index contributed by atoms with van der Waals surface area (Å²) in [5, 5.41) is 0.560. The van der Waals surface area contributed by atoms with Gasteiger partial charge in [-0.15, -0.1) is 0 Å². The van der Waals surface area contributed by atoms with E-state index >= 15 is 0 Å². The third-order valence-electron chi connectivity index (χ3n) is 1.01. The van der Waals surface area contributed by atoms with Gasteiger partial charge in [0.25, 0.3) is 0 Å². The minimum Gasteiger partial charge on any atom is -0.494 e. The van der Waals surface area contributed by atoms with Gasteiger partial charge in [-0.25, -0.2) is 4.98 Å². The van der Waals surface area contributed by atoms with Crippen LogP contribution in [0.1, 0.15) is 0 Å². The van der Waals surface area contributed by atoms with Crippen LogP contribution in [0.5, 0.6) is 5.75 Å². The molecular formula is C6H5BrClNO. The molecule has 0 bridgehead atoms. The van der Waals surface area contributed by atoms with E-state index in [1.54, 1.807) is 19.4 Å². The summed E-state index contributed by atoms with van der Waals surface area (Å²) in [6.07, 6.45) is 1.56. The number of methoxy groups -OCH3 is 1. The normalized spacial score (nSPS) is 9.50. The molecule has 10 heavy (non-hydrogen) atoms. The van der Waals surface area contributed by atoms with Crippen LogP contribution in [0.2, 0.25) is 5.02 Å². The van der Waals surface area contributed by atoms with Crippen LogP contribution in [0.25, 0.3) is 0 Å². The first-order valence-corrected chi connectivity index (χ1v) is 3.76. The molecular weight excluding hydrogens is 217 g/mol. The number of hydrogen-bond donors (Lipinski definition) is 0. The zero-order valence-corrected chi connectivity index (χ0v) is 7.61. The van der Waals surface area contributed by atoms with Gasteiger partial charge in [0.2, 0.25) is 0 Å². The molecule has 0 unspecified atom stereocenters. The SMILES string of the molecule is COc1cnc(Br)cc1Cl. The topological polar surface area (TPSA) is 22.1 Å². The van der Waals surface area contributed by atoms with Crippen molar-refractivity contribution in [3.05, 3.63) is 21.9 Å². The van der Waals surface area contributed by atoms with Crippen LogP contribution in [0.4, 0.5) is 0 Å². The Balaban J connectivity index is 3.07. The van der Waals surface area contributed by atoms with Crippen molar-refractivity contribution in [3.63, 3.8) is 0 Å². The monoisotopic (exact) mass is 221 g/mol. The summed E-state index contributed by atoms with van der Waals surface area (Å²) in [6, 6.07) is 1.68. The van der Waals surface area contributed by atoms with Gasteiger partial charge in [0, 0.05) is 0 Å². The van der Waals surface area contributed by atoms with E-state index in [4.69, 9.17) is 16.3 Å². The van der Waals surface area contributed by atoms with Gasteiger partial charge in [-0.05, 0) is 22.0 Å². The van der Waals surface area contributed by atoms with Gasteiger partial charge in [0.15, 0.2) is 5.75 Å². The fourth-order valence-corrected chi connectivity index (χ4v) is 1.24. The van der Waals surface area contributed by atoms with Gasteiger partial charge in [0.1, 0.15) is 4.60 Å². The lowest BCUT2D eigenvalue weighted by atomic mass is 10.5. The Morgan fingerprint density at radius 1 is 1.70 bits per heavy atom. The molecule has 1 aromatic rings. The molecule has 0 aliphatic heterocycles. The molecule has 54 valence electrons. The van der Waals surface area contributed by atoms with Gasteiger partial charge in [-0.3, -0.25) is 0 Å². The maximum absolute atomic E-state index is 5.73. The number of pyridine rings is 1. The smallest absolute Gasteiger partial charge is 0.155 e. The molecule has 0 amide bonds. The minimum absolute atomic E-state index is 0.560. The zero-order valence-electron chi connectivity index (χ0n) is 5.27. The van der Waals surface area contributed by atoms with Gasteiger partial charge in [-0.2, -0.15) is 0 Å². The highest BCUT2D eigenvalue weighted by Gasteiger charge is 1.99. The summed E-state index contributed by atoms with van der Waals surface area (Å²) in [7, 11) is 1.55. The molecule has 0 fully saturated rings. The first kappa shape index (κ1) is 7.82. The van der Waals surface area contributed by atoms with Crippen LogP contribution >= 0.6 is 27.5 Å². The molecule has 1 heterocycles. The first-order valence-electron chi connectivity index (χ1n) is 2.59. The fraction of sp³-hybridized carbons (Fsp3) is 0.167. The standard InChI is InChI=1S/C6H5BrClNO/c1-10-5-3-9-6(7)2-4(5)8/h2-3H,1H3. The lowest BCUT2D eigenvalue weighted by Crippen LogP contribution is -1.85. The molecule has 2 nitrogen and oxygen atoms in total. The second-order valence-corrected chi connectivity index (χ2v) is 2.86. The summed E-state index contributed by atoms with van der Waals surface area (Å²) in [5.41, 5.74) is 0. The van der Waals surface area contributed by atoms with Crippen LogP contribution in [-0.2, 0) is 0 Å². The third kappa shape index (κ3) is 1.61. The Hall–Kier alpha value is -0.280. The van der Waals surface area contributed by atoms with Gasteiger partial charge >= 0.3 is 0 Å². The number of ether oxygens (including phenoxy) is 1.